The van der Waals surface area contributed by atoms with Crippen LogP contribution in [0.25, 0.3) is 0 Å². The van der Waals surface area contributed by atoms with E-state index in [1.54, 1.807) is 0 Å². The van der Waals surface area contributed by atoms with Crippen molar-refractivity contribution in [3.8, 4) is 0 Å². The number of hydrogen-bond donors (Lipinski definition) is 0. The molecule has 0 aromatic carbocycles. The minimum absolute atomic E-state index is 0.490. The van der Waals surface area contributed by atoms with Gasteiger partial charge in [0, 0.05) is 13.1 Å². The number of morpholine rings is 1. The molecule has 0 spiro atoms. The van der Waals surface area contributed by atoms with Gasteiger partial charge in [-0.1, -0.05) is 6.92 Å². The first-order chi connectivity index (χ1) is 4.33. The molecule has 9 heavy (non-hydrogen) atoms. The van der Waals surface area contributed by atoms with Crippen LogP contribution in [0.15, 0.2) is 0 Å². The maximum Gasteiger partial charge on any atom is 0.0699 e. The monoisotopic (exact) mass is 129 g/mol. The number of rotatable bonds is 1. The summed E-state index contributed by atoms with van der Waals surface area (Å²) in [7, 11) is 2.14. The molecule has 0 N–H and O–H groups in total. The van der Waals surface area contributed by atoms with Crippen molar-refractivity contribution >= 4 is 0 Å². The molecule has 0 amide bonds. The van der Waals surface area contributed by atoms with Crippen molar-refractivity contribution in [3.63, 3.8) is 0 Å². The Balaban J connectivity index is 2.23. The van der Waals surface area contributed by atoms with Crippen LogP contribution < -0.4 is 0 Å². The van der Waals surface area contributed by atoms with Gasteiger partial charge in [-0.3, -0.25) is 0 Å². The van der Waals surface area contributed by atoms with Gasteiger partial charge in [0.05, 0.1) is 12.7 Å². The smallest absolute Gasteiger partial charge is 0.0699 e. The Bertz CT molecular complexity index is 85.0. The lowest BCUT2D eigenvalue weighted by Gasteiger charge is -2.29. The fourth-order valence-electron chi connectivity index (χ4n) is 1.11. The Labute approximate surface area is 56.8 Å². The van der Waals surface area contributed by atoms with Crippen LogP contribution in [0.2, 0.25) is 0 Å². The summed E-state index contributed by atoms with van der Waals surface area (Å²) in [5.41, 5.74) is 0. The van der Waals surface area contributed by atoms with Crippen molar-refractivity contribution in [1.82, 2.24) is 4.90 Å². The third-order valence-electron chi connectivity index (χ3n) is 1.80. The van der Waals surface area contributed by atoms with E-state index in [0.29, 0.717) is 6.10 Å². The lowest BCUT2D eigenvalue weighted by molar-refractivity contribution is -0.0206. The summed E-state index contributed by atoms with van der Waals surface area (Å²) in [6.45, 7) is 5.28. The molecule has 0 radical (unpaired) electrons. The Morgan fingerprint density at radius 1 is 1.67 bits per heavy atom. The average molecular weight is 129 g/mol. The first kappa shape index (κ1) is 7.03. The highest BCUT2D eigenvalue weighted by Crippen LogP contribution is 2.04. The van der Waals surface area contributed by atoms with Gasteiger partial charge in [0.15, 0.2) is 0 Å². The summed E-state index contributed by atoms with van der Waals surface area (Å²) in [6, 6.07) is 0. The molecule has 0 aromatic heterocycles. The lowest BCUT2D eigenvalue weighted by Crippen LogP contribution is -2.39. The first-order valence-electron chi connectivity index (χ1n) is 3.63. The quantitative estimate of drug-likeness (QED) is 0.517. The molecule has 0 aromatic rings. The summed E-state index contributed by atoms with van der Waals surface area (Å²) < 4.78 is 5.46. The molecule has 1 fully saturated rings. The molecular weight excluding hydrogens is 114 g/mol. The van der Waals surface area contributed by atoms with Crippen molar-refractivity contribution in [2.75, 3.05) is 26.7 Å². The normalized spacial score (nSPS) is 30.7. The van der Waals surface area contributed by atoms with E-state index in [-0.39, 0.29) is 0 Å². The van der Waals surface area contributed by atoms with Crippen LogP contribution in [-0.4, -0.2) is 37.7 Å². The maximum atomic E-state index is 5.46. The van der Waals surface area contributed by atoms with Crippen LogP contribution in [0.1, 0.15) is 13.3 Å². The zero-order valence-electron chi connectivity index (χ0n) is 6.26. The van der Waals surface area contributed by atoms with Crippen LogP contribution in [0.4, 0.5) is 0 Å². The highest BCUT2D eigenvalue weighted by molar-refractivity contribution is 4.66. The zero-order chi connectivity index (χ0) is 6.69. The summed E-state index contributed by atoms with van der Waals surface area (Å²) >= 11 is 0. The minimum Gasteiger partial charge on any atom is -0.376 e. The standard InChI is InChI=1S/C7H15NO/c1-3-7-6-8(2)4-5-9-7/h7H,3-6H2,1-2H3/t7-/m0/s1. The SMILES string of the molecule is CC[C@H]1CN(C)CCO1. The Kier molecular flexibility index (Phi) is 2.49. The highest BCUT2D eigenvalue weighted by Gasteiger charge is 2.14. The van der Waals surface area contributed by atoms with Crippen LogP contribution in [0.5, 0.6) is 0 Å². The summed E-state index contributed by atoms with van der Waals surface area (Å²) in [5, 5.41) is 0. The van der Waals surface area contributed by atoms with Gasteiger partial charge in [-0.2, -0.15) is 0 Å². The second-order valence-corrected chi connectivity index (χ2v) is 2.66. The highest BCUT2D eigenvalue weighted by atomic mass is 16.5. The van der Waals surface area contributed by atoms with Gasteiger partial charge < -0.3 is 9.64 Å². The molecule has 2 nitrogen and oxygen atoms in total. The molecule has 1 aliphatic heterocycles. The number of ether oxygens (including phenoxy) is 1. The van der Waals surface area contributed by atoms with E-state index in [1.807, 2.05) is 0 Å². The number of nitrogens with zero attached hydrogens (tertiary/aromatic N) is 1. The van der Waals surface area contributed by atoms with E-state index in [9.17, 15) is 0 Å². The second-order valence-electron chi connectivity index (χ2n) is 2.66. The van der Waals surface area contributed by atoms with Crippen LogP contribution in [0, 0.1) is 0 Å². The van der Waals surface area contributed by atoms with Gasteiger partial charge in [-0.25, -0.2) is 0 Å². The van der Waals surface area contributed by atoms with Crippen molar-refractivity contribution in [1.29, 1.82) is 0 Å². The zero-order valence-corrected chi connectivity index (χ0v) is 6.26. The fourth-order valence-corrected chi connectivity index (χ4v) is 1.11. The predicted molar refractivity (Wildman–Crippen MR) is 37.5 cm³/mol. The van der Waals surface area contributed by atoms with Crippen molar-refractivity contribution in [2.45, 2.75) is 19.4 Å². The molecule has 1 aliphatic rings. The van der Waals surface area contributed by atoms with E-state index < -0.39 is 0 Å². The van der Waals surface area contributed by atoms with Gasteiger partial charge in [0.1, 0.15) is 0 Å². The number of hydrogen-bond acceptors (Lipinski definition) is 2. The molecule has 1 heterocycles. The molecule has 0 unspecified atom stereocenters. The van der Waals surface area contributed by atoms with Gasteiger partial charge in [-0.05, 0) is 13.5 Å². The molecule has 0 aliphatic carbocycles. The van der Waals surface area contributed by atoms with Crippen molar-refractivity contribution in [3.05, 3.63) is 0 Å². The van der Waals surface area contributed by atoms with Gasteiger partial charge >= 0.3 is 0 Å². The van der Waals surface area contributed by atoms with Crippen LogP contribution in [0.3, 0.4) is 0 Å². The minimum atomic E-state index is 0.490. The van der Waals surface area contributed by atoms with Gasteiger partial charge in [0.25, 0.3) is 0 Å². The van der Waals surface area contributed by atoms with E-state index in [2.05, 4.69) is 18.9 Å². The molecular formula is C7H15NO. The summed E-state index contributed by atoms with van der Waals surface area (Å²) in [5.74, 6) is 0. The first-order valence-corrected chi connectivity index (χ1v) is 3.63. The summed E-state index contributed by atoms with van der Waals surface area (Å²) in [4.78, 5) is 2.32. The number of likely N-dealkylation sites (N-methyl/N-ethyl adjacent to an activating group) is 1. The van der Waals surface area contributed by atoms with Gasteiger partial charge in [0.2, 0.25) is 0 Å². The molecule has 1 atom stereocenters. The summed E-state index contributed by atoms with van der Waals surface area (Å²) in [6.07, 6.45) is 1.63. The Morgan fingerprint density at radius 3 is 2.89 bits per heavy atom. The molecule has 54 valence electrons. The average Bonchev–Trinajstić information content (AvgIpc) is 1.88. The lowest BCUT2D eigenvalue weighted by atomic mass is 10.2. The predicted octanol–water partition coefficient (Wildman–Crippen LogP) is 0.727. The van der Waals surface area contributed by atoms with Crippen LogP contribution >= 0.6 is 0 Å². The third kappa shape index (κ3) is 1.95. The topological polar surface area (TPSA) is 12.5 Å². The largest absolute Gasteiger partial charge is 0.376 e. The fraction of sp³-hybridized carbons (Fsp3) is 1.00. The van der Waals surface area contributed by atoms with E-state index in [0.717, 1.165) is 26.1 Å². The third-order valence-corrected chi connectivity index (χ3v) is 1.80. The van der Waals surface area contributed by atoms with Crippen molar-refractivity contribution in [2.24, 2.45) is 0 Å². The maximum absolute atomic E-state index is 5.46. The van der Waals surface area contributed by atoms with Gasteiger partial charge in [-0.15, -0.1) is 0 Å². The van der Waals surface area contributed by atoms with E-state index in [4.69, 9.17) is 4.74 Å². The molecule has 0 bridgehead atoms. The molecule has 1 rings (SSSR count). The van der Waals surface area contributed by atoms with Crippen molar-refractivity contribution < 1.29 is 4.74 Å². The molecule has 1 saturated heterocycles. The Morgan fingerprint density at radius 2 is 2.44 bits per heavy atom. The molecule has 0 saturated carbocycles. The van der Waals surface area contributed by atoms with E-state index >= 15 is 0 Å². The molecule has 2 heteroatoms. The van der Waals surface area contributed by atoms with Crippen LogP contribution in [-0.2, 0) is 4.74 Å². The second kappa shape index (κ2) is 3.18. The van der Waals surface area contributed by atoms with E-state index in [1.165, 1.54) is 0 Å². The Hall–Kier alpha value is -0.0800.